The minimum atomic E-state index is -2.14. The molecule has 10 amide bonds. The van der Waals surface area contributed by atoms with Crippen LogP contribution in [0.2, 0.25) is 0 Å². The number of aliphatic carboxylic acids is 3. The number of imide groups is 2. The number of carboxylic acids is 3. The third kappa shape index (κ3) is 29.4. The van der Waals surface area contributed by atoms with E-state index in [1.54, 1.807) is 93.3 Å². The average molecular weight is 1670 g/mol. The number of nitrogens with two attached hydrogens (primary N) is 1. The van der Waals surface area contributed by atoms with Crippen LogP contribution in [0.3, 0.4) is 0 Å². The van der Waals surface area contributed by atoms with Gasteiger partial charge in [-0.2, -0.15) is 0 Å². The van der Waals surface area contributed by atoms with Crippen molar-refractivity contribution in [2.45, 2.75) is 238 Å². The second-order valence-corrected chi connectivity index (χ2v) is 33.1. The molecule has 39 heteroatoms. The molecule has 646 valence electrons. The third-order valence-corrected chi connectivity index (χ3v) is 23.4. The number of ketones is 1. The Labute approximate surface area is 680 Å². The number of amides is 10. The van der Waals surface area contributed by atoms with Crippen LogP contribution >= 0.6 is 23.5 Å². The largest absolute Gasteiger partial charge is 0.481 e. The first-order valence-corrected chi connectivity index (χ1v) is 41.4. The maximum atomic E-state index is 15.0. The van der Waals surface area contributed by atoms with E-state index in [2.05, 4.69) is 42.5 Å². The van der Waals surface area contributed by atoms with Gasteiger partial charge >= 0.3 is 17.9 Å². The molecule has 37 nitrogen and oxygen atoms in total. The summed E-state index contributed by atoms with van der Waals surface area (Å²) in [7, 11) is 0. The van der Waals surface area contributed by atoms with Crippen molar-refractivity contribution in [2.24, 2.45) is 23.5 Å². The van der Waals surface area contributed by atoms with E-state index in [-0.39, 0.29) is 115 Å². The van der Waals surface area contributed by atoms with Crippen molar-refractivity contribution in [2.75, 3.05) is 64.0 Å². The highest BCUT2D eigenvalue weighted by molar-refractivity contribution is 8.01. The highest BCUT2D eigenvalue weighted by Gasteiger charge is 2.46. The van der Waals surface area contributed by atoms with Crippen molar-refractivity contribution in [3.63, 3.8) is 0 Å². The molecular weight excluding hydrogens is 1560 g/mol. The molecule has 21 N–H and O–H groups in total. The maximum Gasteiger partial charge on any atom is 0.327 e. The Morgan fingerprint density at radius 1 is 0.517 bits per heavy atom. The average Bonchev–Trinajstić information content (AvgIpc) is 1.49. The molecule has 0 radical (unpaired) electrons. The molecule has 2 aromatic rings. The zero-order valence-corrected chi connectivity index (χ0v) is 67.3. The molecule has 2 aromatic carbocycles. The maximum absolute atomic E-state index is 15.0. The number of hydrogen-bond donors (Lipinski definition) is 20. The Morgan fingerprint density at radius 2 is 1.01 bits per heavy atom. The van der Waals surface area contributed by atoms with Crippen molar-refractivity contribution in [1.29, 1.82) is 0 Å². The number of likely N-dealkylation sites (tertiary alicyclic amines) is 3. The molecule has 0 aromatic heterocycles. The van der Waals surface area contributed by atoms with Crippen LogP contribution in [0, 0.1) is 17.8 Å². The van der Waals surface area contributed by atoms with Gasteiger partial charge in [-0.15, -0.1) is 23.5 Å². The molecule has 3 saturated heterocycles. The number of nitrogens with one attached hydrogen (secondary N) is 8. The van der Waals surface area contributed by atoms with Gasteiger partial charge in [0.25, 0.3) is 0 Å². The summed E-state index contributed by atoms with van der Waals surface area (Å²) in [5.41, 5.74) is 6.93. The monoisotopic (exact) mass is 1670 g/mol. The van der Waals surface area contributed by atoms with Crippen molar-refractivity contribution in [1.82, 2.24) is 57.2 Å². The summed E-state index contributed by atoms with van der Waals surface area (Å²) >= 11 is 1.82. The first-order valence-electron chi connectivity index (χ1n) is 39.3. The number of β-amino-alcohol motifs (C(OH)–C–C–N with tert-alkyl or cyclic N) is 1. The standard InChI is InChI=1S/C77H116N12O25S2/c1-41(2)29-49(71(107)86-53(77(113)114)40-116-58-35-60(95)89(76(58)112)28-16-15-26-87-36-56(93)67(103)66(102)54(87)38-91)83-69(105)46(22-23-61(96)97)65(101)48(33-62(98)99)82-70(106)47(21-11-12-24-78)81-72(108)50(30-43-17-7-5-8-18-43)84-73(109)51(31-44-19-9-6-10-20-44)85-74(110)52(80-42(3)4)39-115-57-34-59(94)88(75(57)111)27-14-13-25-79-63-55(92)32-45(37-90)64(100)68(63)104/h5-10,17-20,41-42,45-58,63-64,66-68,79-80,90-93,100,102-104H,11-16,21-40,78H2,1-4H3,(H,81,108)(H,82,106)(H,83,105)(H,84,109)(H,85,110)(H,86,107)(H,96,97)(H,98,99)(H,113,114)/t45-,46?,47?,48?,49?,50?,51?,52?,53?,54?,55?,56?,57?,58?,63+,64-,66?,67?,68-/m1/s1. The number of aliphatic hydroxyl groups excluding tert-OH is 8. The van der Waals surface area contributed by atoms with Gasteiger partial charge in [0, 0.05) is 81.8 Å². The molecular formula is C77H116N12O25S2. The molecule has 4 aliphatic rings. The highest BCUT2D eigenvalue weighted by atomic mass is 32.2. The fourth-order valence-electron chi connectivity index (χ4n) is 14.4. The molecule has 19 atom stereocenters. The number of piperidine rings is 1. The number of nitrogens with zero attached hydrogens (tertiary/aromatic N) is 3. The second-order valence-electron chi connectivity index (χ2n) is 30.6. The van der Waals surface area contributed by atoms with Gasteiger partial charge < -0.3 is 104 Å². The third-order valence-electron chi connectivity index (χ3n) is 20.8. The topological polar surface area (TPSA) is 593 Å². The number of hydrogen-bond acceptors (Lipinski definition) is 28. The number of carbonyl (C=O) groups excluding carboxylic acids is 11. The Hall–Kier alpha value is -8.16. The van der Waals surface area contributed by atoms with Gasteiger partial charge in [0.15, 0.2) is 5.78 Å². The molecule has 116 heavy (non-hydrogen) atoms. The van der Waals surface area contributed by atoms with E-state index in [1.165, 1.54) is 0 Å². The minimum Gasteiger partial charge on any atom is -0.481 e. The summed E-state index contributed by atoms with van der Waals surface area (Å²) in [6, 6.07) is 3.55. The molecule has 0 spiro atoms. The van der Waals surface area contributed by atoms with Crippen molar-refractivity contribution in [3.8, 4) is 0 Å². The molecule has 1 saturated carbocycles. The number of thioether (sulfide) groups is 2. The van der Waals surface area contributed by atoms with Gasteiger partial charge in [-0.1, -0.05) is 88.4 Å². The van der Waals surface area contributed by atoms with Crippen molar-refractivity contribution >= 4 is 106 Å². The minimum absolute atomic E-state index is 0.0498. The molecule has 0 bridgehead atoms. The van der Waals surface area contributed by atoms with Crippen LogP contribution in [0.4, 0.5) is 0 Å². The number of Topliss-reactive ketones (excluding diaryl/α,β-unsaturated/α-hetero) is 1. The summed E-state index contributed by atoms with van der Waals surface area (Å²) in [6.07, 6.45) is -10.2. The summed E-state index contributed by atoms with van der Waals surface area (Å²) < 4.78 is 0. The van der Waals surface area contributed by atoms with E-state index in [0.29, 0.717) is 30.4 Å². The number of carbonyl (C=O) groups is 14. The van der Waals surface area contributed by atoms with E-state index in [4.69, 9.17) is 5.73 Å². The lowest BCUT2D eigenvalue weighted by Crippen LogP contribution is -2.62. The van der Waals surface area contributed by atoms with Crippen LogP contribution in [0.5, 0.6) is 0 Å². The lowest BCUT2D eigenvalue weighted by Gasteiger charge is -2.43. The molecule has 1 aliphatic carbocycles. The van der Waals surface area contributed by atoms with Gasteiger partial charge in [0.05, 0.1) is 78.0 Å². The van der Waals surface area contributed by atoms with E-state index < -0.39 is 240 Å². The number of unbranched alkanes of at least 4 members (excludes halogenated alkanes) is 3. The molecule has 3 aliphatic heterocycles. The zero-order chi connectivity index (χ0) is 85.6. The Balaban J connectivity index is 1.14. The van der Waals surface area contributed by atoms with E-state index in [1.807, 2.05) is 0 Å². The molecule has 6 rings (SSSR count). The van der Waals surface area contributed by atoms with Gasteiger partial charge in [0.1, 0.15) is 42.4 Å². The summed E-state index contributed by atoms with van der Waals surface area (Å²) in [6.45, 7) is 6.40. The molecule has 15 unspecified atom stereocenters. The number of aliphatic hydroxyl groups is 8. The molecule has 4 fully saturated rings. The van der Waals surface area contributed by atoms with Crippen LogP contribution in [0.1, 0.15) is 129 Å². The van der Waals surface area contributed by atoms with Crippen molar-refractivity contribution in [3.05, 3.63) is 71.8 Å². The summed E-state index contributed by atoms with van der Waals surface area (Å²) in [5.74, 6) is -18.2. The lowest BCUT2D eigenvalue weighted by molar-refractivity contribution is -0.145. The normalized spacial score (nSPS) is 23.9. The Morgan fingerprint density at radius 3 is 1.52 bits per heavy atom. The zero-order valence-electron chi connectivity index (χ0n) is 65.7. The fraction of sp³-hybridized carbons (Fsp3) is 0.662. The fourth-order valence-corrected chi connectivity index (χ4v) is 16.8. The van der Waals surface area contributed by atoms with Crippen LogP contribution in [0.15, 0.2) is 60.7 Å². The Bertz CT molecular complexity index is 3630. The predicted octanol–water partition coefficient (Wildman–Crippen LogP) is -4.37. The van der Waals surface area contributed by atoms with Gasteiger partial charge in [-0.3, -0.25) is 77.0 Å². The quantitative estimate of drug-likeness (QED) is 0.0169. The predicted molar refractivity (Wildman–Crippen MR) is 421 cm³/mol. The lowest BCUT2D eigenvalue weighted by atomic mass is 9.80. The second kappa shape index (κ2) is 48.0. The van der Waals surface area contributed by atoms with E-state index >= 15 is 0 Å². The Kier molecular flexibility index (Phi) is 40.0. The van der Waals surface area contributed by atoms with Gasteiger partial charge in [-0.05, 0) is 101 Å². The first kappa shape index (κ1) is 96.7. The summed E-state index contributed by atoms with van der Waals surface area (Å²) in [4.78, 5) is 198. The highest BCUT2D eigenvalue weighted by Crippen LogP contribution is 2.30. The smallest absolute Gasteiger partial charge is 0.327 e. The number of carboxylic acid groups (broad SMARTS) is 3. The number of benzene rings is 2. The van der Waals surface area contributed by atoms with Crippen molar-refractivity contribution < 1.29 is 123 Å². The van der Waals surface area contributed by atoms with E-state index in [0.717, 1.165) is 33.3 Å². The van der Waals surface area contributed by atoms with Crippen LogP contribution in [-0.4, -0.2) is 325 Å². The van der Waals surface area contributed by atoms with E-state index in [9.17, 15) is 123 Å². The molecule has 3 heterocycles. The summed E-state index contributed by atoms with van der Waals surface area (Å²) in [5, 5.41) is 131. The number of rotatable bonds is 51. The first-order chi connectivity index (χ1) is 55.1. The van der Waals surface area contributed by atoms with Gasteiger partial charge in [-0.25, -0.2) is 4.79 Å². The van der Waals surface area contributed by atoms with Crippen LogP contribution in [-0.2, 0) is 80.0 Å². The van der Waals surface area contributed by atoms with Gasteiger partial charge in [0.2, 0.25) is 59.1 Å². The van der Waals surface area contributed by atoms with Crippen LogP contribution in [0.25, 0.3) is 0 Å². The SMILES string of the molecule is CC(C)CC(NC(=O)C(CCC(=O)O)C(=O)C(CC(=O)O)NC(=O)C(CCCCN)NC(=O)C(Cc1ccccc1)NC(=O)C(Cc1ccccc1)NC(=O)C(CSC1CC(=O)N(CCCCN[C@H]2C(O)C[C@H](CO)[C@@H](O)[C@@H]2O)C1=O)NC(C)C)C(=O)NC(CSC1CC(=O)N(CCCCN2CC(O)C(O)C(O)C2CO)C1=O)C(=O)O. The van der Waals surface area contributed by atoms with Crippen LogP contribution < -0.4 is 48.3 Å².